The third-order valence-electron chi connectivity index (χ3n) is 5.33. The molecule has 0 saturated heterocycles. The zero-order valence-electron chi connectivity index (χ0n) is 19.1. The number of rotatable bonds is 13. The number of alkyl halides is 3. The van der Waals surface area contributed by atoms with Crippen LogP contribution in [0.3, 0.4) is 0 Å². The van der Waals surface area contributed by atoms with Gasteiger partial charge in [-0.1, -0.05) is 53.4 Å². The van der Waals surface area contributed by atoms with Gasteiger partial charge in [-0.05, 0) is 49.9 Å². The van der Waals surface area contributed by atoms with Crippen molar-refractivity contribution in [2.45, 2.75) is 90.1 Å². The third-order valence-corrected chi connectivity index (χ3v) is 6.00. The topological polar surface area (TPSA) is 37.3 Å². The molecule has 3 nitrogen and oxygen atoms in total. The highest BCUT2D eigenvalue weighted by Gasteiger charge is 2.30. The summed E-state index contributed by atoms with van der Waals surface area (Å²) in [5.41, 5.74) is -0.832. The van der Waals surface area contributed by atoms with Gasteiger partial charge in [-0.2, -0.15) is 13.2 Å². The maximum atomic E-state index is 12.0. The molecular formula is C23H41F3NO2S+. The number of halogens is 3. The lowest BCUT2D eigenvalue weighted by molar-refractivity contribution is -0.929. The monoisotopic (exact) mass is 452 g/mol. The molecule has 176 valence electrons. The zero-order chi connectivity index (χ0) is 23.0. The van der Waals surface area contributed by atoms with Crippen molar-refractivity contribution in [2.75, 3.05) is 26.2 Å². The molecule has 0 fully saturated rings. The van der Waals surface area contributed by atoms with E-state index in [1.54, 1.807) is 0 Å². The average Bonchev–Trinajstić information content (AvgIpc) is 2.72. The Kier molecular flexibility index (Phi) is 15.3. The van der Waals surface area contributed by atoms with Gasteiger partial charge in [0.15, 0.2) is 11.1 Å². The van der Waals surface area contributed by atoms with E-state index in [9.17, 15) is 17.4 Å². The van der Waals surface area contributed by atoms with Crippen LogP contribution >= 0.6 is 0 Å². The highest BCUT2D eigenvalue weighted by atomic mass is 32.2. The largest absolute Gasteiger partial charge is 0.416 e. The molecular weight excluding hydrogens is 411 g/mol. The van der Waals surface area contributed by atoms with Gasteiger partial charge in [-0.3, -0.25) is 0 Å². The van der Waals surface area contributed by atoms with Crippen molar-refractivity contribution in [3.8, 4) is 0 Å². The number of hydrogen-bond donors (Lipinski definition) is 1. The summed E-state index contributed by atoms with van der Waals surface area (Å²) in [6.07, 6.45) is 6.65. The summed E-state index contributed by atoms with van der Waals surface area (Å²) in [6, 6.07) is 3.48. The maximum Gasteiger partial charge on any atom is 0.416 e. The number of benzene rings is 1. The van der Waals surface area contributed by atoms with E-state index in [4.69, 9.17) is 4.55 Å². The highest BCUT2D eigenvalue weighted by molar-refractivity contribution is 7.79. The van der Waals surface area contributed by atoms with Crippen molar-refractivity contribution < 1.29 is 26.4 Å². The van der Waals surface area contributed by atoms with Gasteiger partial charge in [0.1, 0.15) is 0 Å². The first kappa shape index (κ1) is 29.1. The molecule has 0 heterocycles. The average molecular weight is 453 g/mol. The van der Waals surface area contributed by atoms with E-state index in [0.717, 1.165) is 24.3 Å². The minimum atomic E-state index is -4.41. The van der Waals surface area contributed by atoms with Gasteiger partial charge in [0.05, 0.1) is 36.6 Å². The molecule has 0 radical (unpaired) electrons. The Bertz CT molecular complexity index is 539. The van der Waals surface area contributed by atoms with Gasteiger partial charge in [0.2, 0.25) is 0 Å². The fraction of sp³-hybridized carbons (Fsp3) is 0.739. The van der Waals surface area contributed by atoms with Gasteiger partial charge in [-0.25, -0.2) is 4.21 Å². The standard InChI is InChI=1S/C16H36N.C7H5F3O2S/c1-5-9-13-17(14-10-6-2,15-11-7-3)16-12-8-4;8-7(9,10)5-1-3-6(4-2-5)13(11)12/h5-16H2,1-4H3;1-4H,(H,11,12)/q+1;. The lowest BCUT2D eigenvalue weighted by Crippen LogP contribution is -2.50. The van der Waals surface area contributed by atoms with Crippen LogP contribution in [-0.4, -0.2) is 39.4 Å². The summed E-state index contributed by atoms with van der Waals surface area (Å²) in [4.78, 5) is -0.0481. The van der Waals surface area contributed by atoms with E-state index >= 15 is 0 Å². The van der Waals surface area contributed by atoms with Crippen LogP contribution in [0.1, 0.15) is 84.6 Å². The SMILES string of the molecule is CCCC[N+](CCCC)(CCCC)CCCC.O=S(O)c1ccc(C(F)(F)F)cc1. The van der Waals surface area contributed by atoms with E-state index in [-0.39, 0.29) is 4.90 Å². The summed E-state index contributed by atoms with van der Waals surface area (Å²) < 4.78 is 56.3. The fourth-order valence-corrected chi connectivity index (χ4v) is 3.77. The normalized spacial score (nSPS) is 12.9. The molecule has 0 spiro atoms. The molecule has 0 aliphatic carbocycles. The Morgan fingerprint density at radius 2 is 1.10 bits per heavy atom. The van der Waals surface area contributed by atoms with Crippen molar-refractivity contribution in [3.63, 3.8) is 0 Å². The molecule has 1 rings (SSSR count). The minimum absolute atomic E-state index is 0.0481. The van der Waals surface area contributed by atoms with Crippen LogP contribution in [0.5, 0.6) is 0 Å². The van der Waals surface area contributed by atoms with Crippen molar-refractivity contribution >= 4 is 11.1 Å². The number of quaternary nitrogens is 1. The molecule has 1 atom stereocenters. The van der Waals surface area contributed by atoms with E-state index in [0.29, 0.717) is 0 Å². The Hall–Kier alpha value is -0.920. The molecule has 0 aromatic heterocycles. The van der Waals surface area contributed by atoms with E-state index in [1.807, 2.05) is 0 Å². The van der Waals surface area contributed by atoms with Crippen LogP contribution < -0.4 is 0 Å². The first-order valence-electron chi connectivity index (χ1n) is 11.3. The van der Waals surface area contributed by atoms with Gasteiger partial charge >= 0.3 is 6.18 Å². The smallest absolute Gasteiger partial charge is 0.324 e. The van der Waals surface area contributed by atoms with E-state index in [2.05, 4.69) is 27.7 Å². The Morgan fingerprint density at radius 3 is 1.33 bits per heavy atom. The second-order valence-corrected chi connectivity index (χ2v) is 8.89. The van der Waals surface area contributed by atoms with Crippen molar-refractivity contribution in [2.24, 2.45) is 0 Å². The molecule has 30 heavy (non-hydrogen) atoms. The molecule has 1 unspecified atom stereocenters. The Labute approximate surface area is 183 Å². The van der Waals surface area contributed by atoms with Gasteiger partial charge < -0.3 is 9.04 Å². The lowest BCUT2D eigenvalue weighted by Gasteiger charge is -2.39. The summed E-state index contributed by atoms with van der Waals surface area (Å²) in [6.45, 7) is 15.0. The predicted octanol–water partition coefficient (Wildman–Crippen LogP) is 7.29. The Morgan fingerprint density at radius 1 is 0.767 bits per heavy atom. The fourth-order valence-electron chi connectivity index (χ4n) is 3.41. The second-order valence-electron chi connectivity index (χ2n) is 7.92. The zero-order valence-corrected chi connectivity index (χ0v) is 20.0. The van der Waals surface area contributed by atoms with Crippen LogP contribution in [-0.2, 0) is 17.3 Å². The summed E-state index contributed by atoms with van der Waals surface area (Å²) in [7, 11) is 0. The van der Waals surface area contributed by atoms with Crippen LogP contribution in [0.2, 0.25) is 0 Å². The van der Waals surface area contributed by atoms with Crippen molar-refractivity contribution in [1.82, 2.24) is 0 Å². The summed E-state index contributed by atoms with van der Waals surface area (Å²) in [5, 5.41) is 0. The first-order valence-corrected chi connectivity index (χ1v) is 12.4. The molecule has 1 aromatic rings. The number of unbranched alkanes of at least 4 members (excludes halogenated alkanes) is 4. The molecule has 1 N–H and O–H groups in total. The van der Waals surface area contributed by atoms with Crippen molar-refractivity contribution in [1.29, 1.82) is 0 Å². The molecule has 1 aromatic carbocycles. The predicted molar refractivity (Wildman–Crippen MR) is 120 cm³/mol. The van der Waals surface area contributed by atoms with Crippen LogP contribution in [0.4, 0.5) is 13.2 Å². The summed E-state index contributed by atoms with van der Waals surface area (Å²) in [5.74, 6) is 0. The molecule has 0 saturated carbocycles. The maximum absolute atomic E-state index is 12.0. The molecule has 7 heteroatoms. The van der Waals surface area contributed by atoms with Gasteiger partial charge in [0.25, 0.3) is 0 Å². The second kappa shape index (κ2) is 15.8. The number of hydrogen-bond acceptors (Lipinski definition) is 1. The van der Waals surface area contributed by atoms with Crippen LogP contribution in [0.15, 0.2) is 29.2 Å². The van der Waals surface area contributed by atoms with Crippen LogP contribution in [0.25, 0.3) is 0 Å². The first-order chi connectivity index (χ1) is 14.2. The minimum Gasteiger partial charge on any atom is -0.324 e. The lowest BCUT2D eigenvalue weighted by atomic mass is 10.1. The van der Waals surface area contributed by atoms with Gasteiger partial charge in [-0.15, -0.1) is 0 Å². The Balaban J connectivity index is 0.000000579. The van der Waals surface area contributed by atoms with Crippen LogP contribution in [0, 0.1) is 0 Å². The van der Waals surface area contributed by atoms with E-state index < -0.39 is 22.8 Å². The van der Waals surface area contributed by atoms with Crippen molar-refractivity contribution in [3.05, 3.63) is 29.8 Å². The van der Waals surface area contributed by atoms with Gasteiger partial charge in [0, 0.05) is 0 Å². The van der Waals surface area contributed by atoms with E-state index in [1.165, 1.54) is 82.0 Å². The summed E-state index contributed by atoms with van der Waals surface area (Å²) >= 11 is -2.23. The number of nitrogens with zero attached hydrogens (tertiary/aromatic N) is 1. The third kappa shape index (κ3) is 12.1. The highest BCUT2D eigenvalue weighted by Crippen LogP contribution is 2.29. The quantitative estimate of drug-likeness (QED) is 0.252. The molecule has 0 amide bonds. The molecule has 0 bridgehead atoms. The molecule has 0 aliphatic heterocycles. The molecule has 0 aliphatic rings.